The van der Waals surface area contributed by atoms with Gasteiger partial charge in [0.05, 0.1) is 16.3 Å². The van der Waals surface area contributed by atoms with Crippen molar-refractivity contribution in [2.75, 3.05) is 0 Å². The Morgan fingerprint density at radius 3 is 2.59 bits per heavy atom. The van der Waals surface area contributed by atoms with Crippen LogP contribution in [0, 0.1) is 6.92 Å². The minimum Gasteiger partial charge on any atom is -0.456 e. The number of aryl methyl sites for hydroxylation is 1. The fraction of sp³-hybridized carbons (Fsp3) is 0.133. The number of fused-ring (bicyclic) bond motifs is 1. The van der Waals surface area contributed by atoms with Gasteiger partial charge in [-0.2, -0.15) is 13.2 Å². The smallest absolute Gasteiger partial charge is 0.416 e. The van der Waals surface area contributed by atoms with E-state index in [2.05, 4.69) is 5.16 Å². The van der Waals surface area contributed by atoms with E-state index in [0.717, 1.165) is 17.5 Å². The predicted octanol–water partition coefficient (Wildman–Crippen LogP) is 5.60. The third kappa shape index (κ3) is 2.74. The summed E-state index contributed by atoms with van der Waals surface area (Å²) in [7, 11) is 0. The number of hydrogen-bond donors (Lipinski definition) is 0. The fourth-order valence-electron chi connectivity index (χ4n) is 1.99. The summed E-state index contributed by atoms with van der Waals surface area (Å²) in [6.07, 6.45) is -4.44. The molecule has 22 heavy (non-hydrogen) atoms. The van der Waals surface area contributed by atoms with Crippen molar-refractivity contribution in [1.82, 2.24) is 5.16 Å². The molecule has 7 heteroatoms. The normalized spacial score (nSPS) is 11.9. The molecule has 0 amide bonds. The molecule has 0 fully saturated rings. The van der Waals surface area contributed by atoms with E-state index in [4.69, 9.17) is 20.9 Å². The molecule has 0 aliphatic carbocycles. The first kappa shape index (κ1) is 14.7. The molecule has 0 bridgehead atoms. The van der Waals surface area contributed by atoms with Crippen molar-refractivity contribution in [1.29, 1.82) is 0 Å². The van der Waals surface area contributed by atoms with Crippen LogP contribution in [0.4, 0.5) is 13.2 Å². The highest BCUT2D eigenvalue weighted by molar-refractivity contribution is 6.32. The Balaban J connectivity index is 1.93. The molecule has 1 aromatic heterocycles. The second-order valence-electron chi connectivity index (χ2n) is 4.67. The average molecular weight is 328 g/mol. The second kappa shape index (κ2) is 5.21. The lowest BCUT2D eigenvalue weighted by atomic mass is 10.2. The minimum atomic E-state index is -4.44. The molecule has 0 atom stereocenters. The predicted molar refractivity (Wildman–Crippen MR) is 75.3 cm³/mol. The van der Waals surface area contributed by atoms with E-state index < -0.39 is 11.7 Å². The first-order valence-corrected chi connectivity index (χ1v) is 6.63. The molecule has 0 radical (unpaired) electrons. The Hall–Kier alpha value is -2.21. The Kier molecular flexibility index (Phi) is 3.48. The first-order valence-electron chi connectivity index (χ1n) is 6.25. The summed E-state index contributed by atoms with van der Waals surface area (Å²) >= 11 is 5.86. The van der Waals surface area contributed by atoms with E-state index in [0.29, 0.717) is 17.0 Å². The van der Waals surface area contributed by atoms with Crippen LogP contribution in [0.1, 0.15) is 11.3 Å². The van der Waals surface area contributed by atoms with Crippen molar-refractivity contribution in [3.63, 3.8) is 0 Å². The standard InChI is InChI=1S/C15H9ClF3NO2/c1-8-11-7-10(3-5-13(11)22-20-8)21-14-4-2-9(6-12(14)16)15(17,18)19/h2-7H,1H3. The highest BCUT2D eigenvalue weighted by atomic mass is 35.5. The third-order valence-corrected chi connectivity index (χ3v) is 3.40. The Morgan fingerprint density at radius 1 is 1.14 bits per heavy atom. The lowest BCUT2D eigenvalue weighted by Gasteiger charge is -2.11. The molecule has 0 spiro atoms. The fourth-order valence-corrected chi connectivity index (χ4v) is 2.21. The van der Waals surface area contributed by atoms with Gasteiger partial charge in [0.25, 0.3) is 0 Å². The van der Waals surface area contributed by atoms with Gasteiger partial charge in [-0.15, -0.1) is 0 Å². The van der Waals surface area contributed by atoms with Crippen molar-refractivity contribution in [3.8, 4) is 11.5 Å². The van der Waals surface area contributed by atoms with E-state index in [1.54, 1.807) is 25.1 Å². The average Bonchev–Trinajstić information content (AvgIpc) is 2.81. The number of aromatic nitrogens is 1. The van der Waals surface area contributed by atoms with E-state index in [1.165, 1.54) is 6.07 Å². The zero-order valence-corrected chi connectivity index (χ0v) is 12.0. The topological polar surface area (TPSA) is 35.3 Å². The molecule has 0 saturated heterocycles. The van der Waals surface area contributed by atoms with Gasteiger partial charge in [0.2, 0.25) is 0 Å². The summed E-state index contributed by atoms with van der Waals surface area (Å²) in [4.78, 5) is 0. The molecule has 0 N–H and O–H groups in total. The van der Waals surface area contributed by atoms with E-state index in [9.17, 15) is 13.2 Å². The van der Waals surface area contributed by atoms with Crippen LogP contribution in [-0.4, -0.2) is 5.16 Å². The van der Waals surface area contributed by atoms with Gasteiger partial charge in [-0.3, -0.25) is 0 Å². The summed E-state index contributed by atoms with van der Waals surface area (Å²) in [6, 6.07) is 7.93. The van der Waals surface area contributed by atoms with Crippen molar-refractivity contribution >= 4 is 22.6 Å². The molecule has 2 aromatic carbocycles. The van der Waals surface area contributed by atoms with Gasteiger partial charge in [0.15, 0.2) is 5.58 Å². The summed E-state index contributed by atoms with van der Waals surface area (Å²) in [6.45, 7) is 1.78. The number of hydrogen-bond acceptors (Lipinski definition) is 3. The van der Waals surface area contributed by atoms with Crippen LogP contribution in [0.25, 0.3) is 11.0 Å². The van der Waals surface area contributed by atoms with Gasteiger partial charge in [0, 0.05) is 5.39 Å². The number of alkyl halides is 3. The van der Waals surface area contributed by atoms with Crippen molar-refractivity contribution in [2.24, 2.45) is 0 Å². The Morgan fingerprint density at radius 2 is 1.91 bits per heavy atom. The molecule has 3 aromatic rings. The Bertz CT molecular complexity index is 842. The van der Waals surface area contributed by atoms with E-state index in [1.807, 2.05) is 0 Å². The number of benzene rings is 2. The maximum Gasteiger partial charge on any atom is 0.416 e. The molecule has 3 nitrogen and oxygen atoms in total. The van der Waals surface area contributed by atoms with Crippen LogP contribution < -0.4 is 4.74 Å². The van der Waals surface area contributed by atoms with E-state index >= 15 is 0 Å². The molecule has 0 aliphatic heterocycles. The summed E-state index contributed by atoms with van der Waals surface area (Å²) < 4.78 is 48.4. The molecule has 0 saturated carbocycles. The largest absolute Gasteiger partial charge is 0.456 e. The molecular weight excluding hydrogens is 319 g/mol. The van der Waals surface area contributed by atoms with Gasteiger partial charge in [-0.05, 0) is 43.3 Å². The van der Waals surface area contributed by atoms with Gasteiger partial charge in [0.1, 0.15) is 11.5 Å². The van der Waals surface area contributed by atoms with E-state index in [-0.39, 0.29) is 10.8 Å². The van der Waals surface area contributed by atoms with Crippen LogP contribution >= 0.6 is 11.6 Å². The summed E-state index contributed by atoms with van der Waals surface area (Å²) in [5.74, 6) is 0.573. The quantitative estimate of drug-likeness (QED) is 0.614. The van der Waals surface area contributed by atoms with Crippen molar-refractivity contribution in [3.05, 3.63) is 52.7 Å². The molecular formula is C15H9ClF3NO2. The highest BCUT2D eigenvalue weighted by Gasteiger charge is 2.31. The maximum atomic E-state index is 12.6. The zero-order valence-electron chi connectivity index (χ0n) is 11.2. The van der Waals surface area contributed by atoms with Gasteiger partial charge in [-0.25, -0.2) is 0 Å². The summed E-state index contributed by atoms with van der Waals surface area (Å²) in [5, 5.41) is 4.47. The van der Waals surface area contributed by atoms with Gasteiger partial charge < -0.3 is 9.26 Å². The van der Waals surface area contributed by atoms with Crippen LogP contribution in [0.2, 0.25) is 5.02 Å². The second-order valence-corrected chi connectivity index (χ2v) is 5.08. The minimum absolute atomic E-state index is 0.114. The maximum absolute atomic E-state index is 12.6. The van der Waals surface area contributed by atoms with Gasteiger partial charge >= 0.3 is 6.18 Å². The zero-order chi connectivity index (χ0) is 15.9. The van der Waals surface area contributed by atoms with Crippen LogP contribution in [0.3, 0.4) is 0 Å². The number of halogens is 4. The number of rotatable bonds is 2. The summed E-state index contributed by atoms with van der Waals surface area (Å²) in [5.41, 5.74) is 0.470. The SMILES string of the molecule is Cc1noc2ccc(Oc3ccc(C(F)(F)F)cc3Cl)cc12. The number of nitrogens with zero attached hydrogens (tertiary/aromatic N) is 1. The van der Waals surface area contributed by atoms with Crippen LogP contribution in [0.5, 0.6) is 11.5 Å². The highest BCUT2D eigenvalue weighted by Crippen LogP contribution is 2.37. The monoisotopic (exact) mass is 327 g/mol. The number of ether oxygens (including phenoxy) is 1. The third-order valence-electron chi connectivity index (χ3n) is 3.11. The van der Waals surface area contributed by atoms with Crippen LogP contribution in [-0.2, 0) is 6.18 Å². The van der Waals surface area contributed by atoms with Crippen molar-refractivity contribution < 1.29 is 22.4 Å². The molecule has 114 valence electrons. The van der Waals surface area contributed by atoms with Crippen molar-refractivity contribution in [2.45, 2.75) is 13.1 Å². The molecule has 1 heterocycles. The van der Waals surface area contributed by atoms with Gasteiger partial charge in [-0.1, -0.05) is 16.8 Å². The molecule has 3 rings (SSSR count). The molecule has 0 aliphatic rings. The molecule has 0 unspecified atom stereocenters. The lowest BCUT2D eigenvalue weighted by Crippen LogP contribution is -2.04. The van der Waals surface area contributed by atoms with Crippen LogP contribution in [0.15, 0.2) is 40.9 Å². The first-order chi connectivity index (χ1) is 10.3. The lowest BCUT2D eigenvalue weighted by molar-refractivity contribution is -0.137. The Labute approximate surface area is 128 Å².